The summed E-state index contributed by atoms with van der Waals surface area (Å²) >= 11 is 6.07. The molecule has 0 atom stereocenters. The van der Waals surface area contributed by atoms with Gasteiger partial charge in [0.05, 0.1) is 11.4 Å². The van der Waals surface area contributed by atoms with Gasteiger partial charge in [-0.1, -0.05) is 47.5 Å². The van der Waals surface area contributed by atoms with E-state index in [1.54, 1.807) is 12.1 Å². The molecule has 0 N–H and O–H groups in total. The molecule has 4 heteroatoms. The van der Waals surface area contributed by atoms with E-state index in [1.165, 1.54) is 12.1 Å². The summed E-state index contributed by atoms with van der Waals surface area (Å²) in [5.74, 6) is 0.570. The van der Waals surface area contributed by atoms with Crippen molar-refractivity contribution in [1.29, 1.82) is 0 Å². The minimum absolute atomic E-state index is 0.258. The van der Waals surface area contributed by atoms with Crippen molar-refractivity contribution in [2.24, 2.45) is 0 Å². The molecule has 1 aliphatic heterocycles. The Labute approximate surface area is 173 Å². The van der Waals surface area contributed by atoms with Gasteiger partial charge in [0.1, 0.15) is 18.2 Å². The molecule has 0 saturated heterocycles. The number of pyridine rings is 1. The predicted octanol–water partition coefficient (Wildman–Crippen LogP) is 7.08. The standard InChI is InChI=1S/C25H17ClFNO/c1-15-2-11-24-21(12-15)25-22(14-29-24)20(16-5-9-19(27)10-6-16)13-23(28-25)17-3-7-18(26)8-4-17/h2-13H,14H2,1H3. The third-order valence-electron chi connectivity index (χ3n) is 5.18. The molecule has 0 radical (unpaired) electrons. The van der Waals surface area contributed by atoms with Gasteiger partial charge in [-0.25, -0.2) is 9.37 Å². The van der Waals surface area contributed by atoms with Gasteiger partial charge < -0.3 is 4.74 Å². The fourth-order valence-electron chi connectivity index (χ4n) is 3.70. The number of rotatable bonds is 2. The summed E-state index contributed by atoms with van der Waals surface area (Å²) in [6.07, 6.45) is 0. The van der Waals surface area contributed by atoms with Crippen LogP contribution in [-0.2, 0) is 6.61 Å². The molecule has 4 aromatic rings. The topological polar surface area (TPSA) is 22.1 Å². The van der Waals surface area contributed by atoms with Crippen LogP contribution in [0.2, 0.25) is 5.02 Å². The van der Waals surface area contributed by atoms with E-state index in [4.69, 9.17) is 21.3 Å². The number of aromatic nitrogens is 1. The summed E-state index contributed by atoms with van der Waals surface area (Å²) in [6.45, 7) is 2.48. The van der Waals surface area contributed by atoms with Crippen LogP contribution >= 0.6 is 11.6 Å². The quantitative estimate of drug-likeness (QED) is 0.358. The molecule has 0 saturated carbocycles. The maximum absolute atomic E-state index is 13.5. The van der Waals surface area contributed by atoms with Crippen LogP contribution in [0.15, 0.2) is 72.8 Å². The van der Waals surface area contributed by atoms with Gasteiger partial charge in [-0.15, -0.1) is 0 Å². The first-order chi connectivity index (χ1) is 14.1. The second-order valence-electron chi connectivity index (χ2n) is 7.18. The first-order valence-electron chi connectivity index (χ1n) is 9.38. The van der Waals surface area contributed by atoms with E-state index in [1.807, 2.05) is 42.5 Å². The molecule has 0 aliphatic carbocycles. The zero-order valence-electron chi connectivity index (χ0n) is 15.7. The molecule has 2 nitrogen and oxygen atoms in total. The first-order valence-corrected chi connectivity index (χ1v) is 9.76. The van der Waals surface area contributed by atoms with E-state index in [0.29, 0.717) is 11.6 Å². The Kier molecular flexibility index (Phi) is 4.33. The van der Waals surface area contributed by atoms with Crippen LogP contribution in [0.3, 0.4) is 0 Å². The molecule has 1 aromatic heterocycles. The lowest BCUT2D eigenvalue weighted by Crippen LogP contribution is -2.10. The van der Waals surface area contributed by atoms with Crippen LogP contribution in [0.4, 0.5) is 4.39 Å². The molecule has 0 spiro atoms. The summed E-state index contributed by atoms with van der Waals surface area (Å²) in [5.41, 5.74) is 7.77. The van der Waals surface area contributed by atoms with Crippen LogP contribution in [0.5, 0.6) is 5.75 Å². The number of hydrogen-bond acceptors (Lipinski definition) is 2. The van der Waals surface area contributed by atoms with Crippen LogP contribution in [0.1, 0.15) is 11.1 Å². The second-order valence-corrected chi connectivity index (χ2v) is 7.62. The largest absolute Gasteiger partial charge is 0.488 e. The molecular formula is C25H17ClFNO. The second kappa shape index (κ2) is 7.02. The Bertz CT molecular complexity index is 1220. The molecule has 5 rings (SSSR count). The van der Waals surface area contributed by atoms with E-state index in [9.17, 15) is 4.39 Å². The molecule has 0 amide bonds. The van der Waals surface area contributed by atoms with Crippen LogP contribution in [0.25, 0.3) is 33.6 Å². The van der Waals surface area contributed by atoms with Gasteiger partial charge in [0.15, 0.2) is 0 Å². The molecule has 0 unspecified atom stereocenters. The summed E-state index contributed by atoms with van der Waals surface area (Å²) in [5, 5.41) is 0.680. The fraction of sp³-hybridized carbons (Fsp3) is 0.0800. The molecule has 2 heterocycles. The molecule has 3 aromatic carbocycles. The minimum Gasteiger partial charge on any atom is -0.488 e. The number of benzene rings is 3. The third-order valence-corrected chi connectivity index (χ3v) is 5.43. The fourth-order valence-corrected chi connectivity index (χ4v) is 3.83. The number of nitrogens with zero attached hydrogens (tertiary/aromatic N) is 1. The van der Waals surface area contributed by atoms with Crippen molar-refractivity contribution < 1.29 is 9.13 Å². The van der Waals surface area contributed by atoms with Crippen LogP contribution < -0.4 is 4.74 Å². The van der Waals surface area contributed by atoms with E-state index >= 15 is 0 Å². The van der Waals surface area contributed by atoms with Crippen molar-refractivity contribution in [2.75, 3.05) is 0 Å². The van der Waals surface area contributed by atoms with Crippen LogP contribution in [0, 0.1) is 12.7 Å². The third kappa shape index (κ3) is 3.28. The number of ether oxygens (including phenoxy) is 1. The Hall–Kier alpha value is -3.17. The smallest absolute Gasteiger partial charge is 0.129 e. The van der Waals surface area contributed by atoms with Crippen molar-refractivity contribution in [3.63, 3.8) is 0 Å². The Morgan fingerprint density at radius 1 is 0.862 bits per heavy atom. The average molecular weight is 402 g/mol. The zero-order valence-corrected chi connectivity index (χ0v) is 16.5. The van der Waals surface area contributed by atoms with E-state index in [2.05, 4.69) is 13.0 Å². The van der Waals surface area contributed by atoms with E-state index in [0.717, 1.165) is 50.5 Å². The lowest BCUT2D eigenvalue weighted by Gasteiger charge is -2.24. The summed E-state index contributed by atoms with van der Waals surface area (Å²) in [4.78, 5) is 5.00. The van der Waals surface area contributed by atoms with Crippen LogP contribution in [-0.4, -0.2) is 4.98 Å². The Balaban J connectivity index is 1.79. The van der Waals surface area contributed by atoms with Gasteiger partial charge in [-0.05, 0) is 60.5 Å². The first kappa shape index (κ1) is 17.9. The highest BCUT2D eigenvalue weighted by Gasteiger charge is 2.23. The van der Waals surface area contributed by atoms with Gasteiger partial charge in [0.2, 0.25) is 0 Å². The molecule has 142 valence electrons. The molecule has 29 heavy (non-hydrogen) atoms. The number of fused-ring (bicyclic) bond motifs is 3. The molecule has 0 fully saturated rings. The average Bonchev–Trinajstić information content (AvgIpc) is 2.74. The van der Waals surface area contributed by atoms with Gasteiger partial charge in [0.25, 0.3) is 0 Å². The summed E-state index contributed by atoms with van der Waals surface area (Å²) < 4.78 is 19.5. The molecular weight excluding hydrogens is 385 g/mol. The van der Waals surface area contributed by atoms with Gasteiger partial charge >= 0.3 is 0 Å². The summed E-state index contributed by atoms with van der Waals surface area (Å²) in [6, 6.07) is 22.3. The van der Waals surface area contributed by atoms with Crippen molar-refractivity contribution in [3.05, 3.63) is 94.8 Å². The monoisotopic (exact) mass is 401 g/mol. The van der Waals surface area contributed by atoms with E-state index in [-0.39, 0.29) is 5.82 Å². The Morgan fingerprint density at radius 2 is 1.59 bits per heavy atom. The van der Waals surface area contributed by atoms with E-state index < -0.39 is 0 Å². The number of hydrogen-bond donors (Lipinski definition) is 0. The van der Waals surface area contributed by atoms with Gasteiger partial charge in [-0.2, -0.15) is 0 Å². The Morgan fingerprint density at radius 3 is 2.34 bits per heavy atom. The maximum atomic E-state index is 13.5. The minimum atomic E-state index is -0.258. The number of aryl methyl sites for hydroxylation is 1. The normalized spacial score (nSPS) is 12.1. The van der Waals surface area contributed by atoms with Gasteiger partial charge in [-0.3, -0.25) is 0 Å². The SMILES string of the molecule is Cc1ccc2c(c1)-c1nc(-c3ccc(Cl)cc3)cc(-c3ccc(F)cc3)c1CO2. The highest BCUT2D eigenvalue weighted by molar-refractivity contribution is 6.30. The molecule has 0 bridgehead atoms. The zero-order chi connectivity index (χ0) is 20.0. The predicted molar refractivity (Wildman–Crippen MR) is 115 cm³/mol. The van der Waals surface area contributed by atoms with Crippen molar-refractivity contribution >= 4 is 11.6 Å². The van der Waals surface area contributed by atoms with Gasteiger partial charge in [0, 0.05) is 21.7 Å². The highest BCUT2D eigenvalue weighted by Crippen LogP contribution is 2.42. The number of halogens is 2. The highest BCUT2D eigenvalue weighted by atomic mass is 35.5. The lowest BCUT2D eigenvalue weighted by atomic mass is 9.92. The van der Waals surface area contributed by atoms with Crippen molar-refractivity contribution in [3.8, 4) is 39.4 Å². The van der Waals surface area contributed by atoms with Crippen molar-refractivity contribution in [2.45, 2.75) is 13.5 Å². The lowest BCUT2D eigenvalue weighted by molar-refractivity contribution is 0.302. The van der Waals surface area contributed by atoms with Crippen molar-refractivity contribution in [1.82, 2.24) is 4.98 Å². The molecule has 1 aliphatic rings. The maximum Gasteiger partial charge on any atom is 0.129 e. The summed E-state index contributed by atoms with van der Waals surface area (Å²) in [7, 11) is 0.